The lowest BCUT2D eigenvalue weighted by Gasteiger charge is -2.18. The molecule has 0 fully saturated rings. The summed E-state index contributed by atoms with van der Waals surface area (Å²) in [7, 11) is 0. The fourth-order valence-electron chi connectivity index (χ4n) is 1.87. The lowest BCUT2D eigenvalue weighted by atomic mass is 10.1. The van der Waals surface area contributed by atoms with E-state index in [0.717, 1.165) is 20.2 Å². The molecule has 0 amide bonds. The van der Waals surface area contributed by atoms with Crippen LogP contribution < -0.4 is 5.32 Å². The van der Waals surface area contributed by atoms with Gasteiger partial charge in [0.2, 0.25) is 0 Å². The first-order valence-electron chi connectivity index (χ1n) is 5.92. The van der Waals surface area contributed by atoms with Crippen LogP contribution in [0, 0.1) is 17.1 Å². The number of hydrogen-bond acceptors (Lipinski definition) is 2. The maximum atomic E-state index is 13.1. The second-order valence-corrected chi connectivity index (χ2v) is 6.05. The van der Waals surface area contributed by atoms with Crippen molar-refractivity contribution in [3.63, 3.8) is 0 Å². The van der Waals surface area contributed by atoms with Gasteiger partial charge in [-0.25, -0.2) is 4.39 Å². The molecule has 2 nitrogen and oxygen atoms in total. The van der Waals surface area contributed by atoms with E-state index in [4.69, 9.17) is 5.26 Å². The molecule has 2 aromatic rings. The number of rotatable bonds is 3. The van der Waals surface area contributed by atoms with E-state index >= 15 is 0 Å². The molecule has 1 atom stereocenters. The molecule has 5 heteroatoms. The molecule has 0 heterocycles. The molecular weight excluding hydrogens is 387 g/mol. The summed E-state index contributed by atoms with van der Waals surface area (Å²) in [5.74, 6) is -0.271. The quantitative estimate of drug-likeness (QED) is 0.752. The number of nitriles is 1. The molecule has 0 aromatic heterocycles. The van der Waals surface area contributed by atoms with Crippen LogP contribution in [0.15, 0.2) is 45.3 Å². The Bertz CT molecular complexity index is 680. The number of halogens is 3. The summed E-state index contributed by atoms with van der Waals surface area (Å²) in [5, 5.41) is 12.2. The van der Waals surface area contributed by atoms with Gasteiger partial charge >= 0.3 is 0 Å². The molecular formula is C15H11Br2FN2. The van der Waals surface area contributed by atoms with Gasteiger partial charge in [-0.3, -0.25) is 0 Å². The van der Waals surface area contributed by atoms with Crippen LogP contribution in [-0.4, -0.2) is 0 Å². The van der Waals surface area contributed by atoms with Crippen LogP contribution >= 0.6 is 31.9 Å². The van der Waals surface area contributed by atoms with Gasteiger partial charge in [-0.2, -0.15) is 5.26 Å². The summed E-state index contributed by atoms with van der Waals surface area (Å²) < 4.78 is 14.6. The fourth-order valence-corrected chi connectivity index (χ4v) is 3.05. The van der Waals surface area contributed by atoms with E-state index < -0.39 is 0 Å². The van der Waals surface area contributed by atoms with E-state index in [1.54, 1.807) is 18.2 Å². The third kappa shape index (κ3) is 3.38. The van der Waals surface area contributed by atoms with E-state index in [9.17, 15) is 4.39 Å². The summed E-state index contributed by atoms with van der Waals surface area (Å²) in [6.45, 7) is 1.99. The van der Waals surface area contributed by atoms with E-state index in [1.807, 2.05) is 13.0 Å². The molecule has 0 bridgehead atoms. The molecule has 2 rings (SSSR count). The Morgan fingerprint density at radius 1 is 1.15 bits per heavy atom. The van der Waals surface area contributed by atoms with Gasteiger partial charge in [0.15, 0.2) is 0 Å². The molecule has 102 valence electrons. The van der Waals surface area contributed by atoms with Crippen molar-refractivity contribution < 1.29 is 4.39 Å². The summed E-state index contributed by atoms with van der Waals surface area (Å²) in [6.07, 6.45) is 0. The first-order chi connectivity index (χ1) is 9.51. The number of hydrogen-bond donors (Lipinski definition) is 1. The Morgan fingerprint density at radius 3 is 2.50 bits per heavy atom. The van der Waals surface area contributed by atoms with Gasteiger partial charge in [-0.1, -0.05) is 22.0 Å². The van der Waals surface area contributed by atoms with Crippen molar-refractivity contribution in [1.29, 1.82) is 5.26 Å². The van der Waals surface area contributed by atoms with Gasteiger partial charge < -0.3 is 5.32 Å². The van der Waals surface area contributed by atoms with Crippen LogP contribution in [0.1, 0.15) is 24.1 Å². The second-order valence-electron chi connectivity index (χ2n) is 4.34. The lowest BCUT2D eigenvalue weighted by Crippen LogP contribution is -2.08. The van der Waals surface area contributed by atoms with Crippen LogP contribution in [0.25, 0.3) is 0 Å². The molecule has 0 radical (unpaired) electrons. The fraction of sp³-hybridized carbons (Fsp3) is 0.133. The Morgan fingerprint density at radius 2 is 1.90 bits per heavy atom. The number of nitrogens with zero attached hydrogens (tertiary/aromatic N) is 1. The molecule has 0 spiro atoms. The first kappa shape index (κ1) is 15.0. The van der Waals surface area contributed by atoms with Crippen molar-refractivity contribution in [3.05, 3.63) is 62.3 Å². The van der Waals surface area contributed by atoms with Crippen LogP contribution in [-0.2, 0) is 0 Å². The van der Waals surface area contributed by atoms with Crippen molar-refractivity contribution in [2.75, 3.05) is 5.32 Å². The standard InChI is InChI=1S/C15H11Br2FN2/c1-9(12-4-3-11(18)7-13(12)16)20-15-5-2-10(8-19)6-14(15)17/h2-7,9,20H,1H3. The maximum absolute atomic E-state index is 13.1. The SMILES string of the molecule is CC(Nc1ccc(C#N)cc1Br)c1ccc(F)cc1Br. The summed E-state index contributed by atoms with van der Waals surface area (Å²) in [6, 6.07) is 12.1. The second kappa shape index (κ2) is 6.38. The molecule has 0 aliphatic carbocycles. The largest absolute Gasteiger partial charge is 0.378 e. The van der Waals surface area contributed by atoms with Crippen molar-refractivity contribution in [1.82, 2.24) is 0 Å². The number of benzene rings is 2. The minimum atomic E-state index is -0.271. The van der Waals surface area contributed by atoms with Gasteiger partial charge in [-0.15, -0.1) is 0 Å². The highest BCUT2D eigenvalue weighted by atomic mass is 79.9. The molecule has 0 saturated heterocycles. The van der Waals surface area contributed by atoms with Gasteiger partial charge in [0.1, 0.15) is 5.82 Å². The third-order valence-electron chi connectivity index (χ3n) is 2.90. The predicted octanol–water partition coefficient (Wildman–Crippen LogP) is 5.40. The van der Waals surface area contributed by atoms with Crippen molar-refractivity contribution in [2.24, 2.45) is 0 Å². The van der Waals surface area contributed by atoms with Gasteiger partial charge in [-0.05, 0) is 58.7 Å². The number of anilines is 1. The minimum absolute atomic E-state index is 0.00536. The van der Waals surface area contributed by atoms with Gasteiger partial charge in [0.25, 0.3) is 0 Å². The Balaban J connectivity index is 2.23. The molecule has 1 unspecified atom stereocenters. The van der Waals surface area contributed by atoms with E-state index in [0.29, 0.717) is 5.56 Å². The first-order valence-corrected chi connectivity index (χ1v) is 7.51. The molecule has 20 heavy (non-hydrogen) atoms. The third-order valence-corrected chi connectivity index (χ3v) is 4.24. The van der Waals surface area contributed by atoms with Crippen LogP contribution in [0.3, 0.4) is 0 Å². The highest BCUT2D eigenvalue weighted by Gasteiger charge is 2.11. The van der Waals surface area contributed by atoms with E-state index in [-0.39, 0.29) is 11.9 Å². The Kier molecular flexibility index (Phi) is 4.79. The molecule has 0 aliphatic rings. The molecule has 1 N–H and O–H groups in total. The average Bonchev–Trinajstić information content (AvgIpc) is 2.40. The van der Waals surface area contributed by atoms with Crippen molar-refractivity contribution in [3.8, 4) is 6.07 Å². The highest BCUT2D eigenvalue weighted by molar-refractivity contribution is 9.11. The van der Waals surface area contributed by atoms with Crippen LogP contribution in [0.4, 0.5) is 10.1 Å². The zero-order valence-corrected chi connectivity index (χ0v) is 13.8. The summed E-state index contributed by atoms with van der Waals surface area (Å²) >= 11 is 6.80. The normalized spacial score (nSPS) is 11.8. The lowest BCUT2D eigenvalue weighted by molar-refractivity contribution is 0.625. The van der Waals surface area contributed by atoms with Gasteiger partial charge in [0, 0.05) is 20.7 Å². The van der Waals surface area contributed by atoms with Gasteiger partial charge in [0.05, 0.1) is 11.6 Å². The predicted molar refractivity (Wildman–Crippen MR) is 85.0 cm³/mol. The van der Waals surface area contributed by atoms with E-state index in [2.05, 4.69) is 43.2 Å². The Hall–Kier alpha value is -1.38. The molecule has 0 saturated carbocycles. The van der Waals surface area contributed by atoms with E-state index in [1.165, 1.54) is 12.1 Å². The summed E-state index contributed by atoms with van der Waals surface area (Å²) in [5.41, 5.74) is 2.44. The molecule has 2 aromatic carbocycles. The zero-order valence-electron chi connectivity index (χ0n) is 10.6. The maximum Gasteiger partial charge on any atom is 0.124 e. The highest BCUT2D eigenvalue weighted by Crippen LogP contribution is 2.30. The molecule has 0 aliphatic heterocycles. The van der Waals surface area contributed by atoms with Crippen molar-refractivity contribution in [2.45, 2.75) is 13.0 Å². The zero-order chi connectivity index (χ0) is 14.7. The van der Waals surface area contributed by atoms with Crippen LogP contribution in [0.5, 0.6) is 0 Å². The summed E-state index contributed by atoms with van der Waals surface area (Å²) in [4.78, 5) is 0. The number of nitrogens with one attached hydrogen (secondary N) is 1. The minimum Gasteiger partial charge on any atom is -0.378 e. The average molecular weight is 398 g/mol. The topological polar surface area (TPSA) is 35.8 Å². The smallest absolute Gasteiger partial charge is 0.124 e. The van der Waals surface area contributed by atoms with Crippen LogP contribution in [0.2, 0.25) is 0 Å². The monoisotopic (exact) mass is 396 g/mol. The van der Waals surface area contributed by atoms with Crippen molar-refractivity contribution >= 4 is 37.5 Å². The Labute approximate surface area is 133 Å².